The maximum Gasteiger partial charge on any atom is 0.352 e. The Bertz CT molecular complexity index is 1560. The maximum absolute atomic E-state index is 13.7. The summed E-state index contributed by atoms with van der Waals surface area (Å²) in [6.45, 7) is 0.675. The molecule has 6 rings (SSSR count). The minimum absolute atomic E-state index is 0.223. The Labute approximate surface area is 224 Å². The van der Waals surface area contributed by atoms with Gasteiger partial charge in [0.05, 0.1) is 17.9 Å². The monoisotopic (exact) mass is 523 g/mol. The highest BCUT2D eigenvalue weighted by Crippen LogP contribution is 2.30. The number of rotatable bonds is 8. The van der Waals surface area contributed by atoms with Gasteiger partial charge >= 0.3 is 11.7 Å². The molecule has 4 heterocycles. The van der Waals surface area contributed by atoms with E-state index < -0.39 is 23.6 Å². The first kappa shape index (κ1) is 24.2. The summed E-state index contributed by atoms with van der Waals surface area (Å²) in [5.74, 6) is -2.04. The molecule has 2 aliphatic rings. The van der Waals surface area contributed by atoms with E-state index in [2.05, 4.69) is 21.5 Å². The first-order chi connectivity index (χ1) is 19.0. The molecule has 2 aromatic carbocycles. The van der Waals surface area contributed by atoms with Crippen LogP contribution < -0.4 is 15.8 Å². The maximum atomic E-state index is 13.7. The number of nitrogens with zero attached hydrogens (tertiary/aromatic N) is 3. The van der Waals surface area contributed by atoms with Crippen molar-refractivity contribution in [1.29, 1.82) is 0 Å². The van der Waals surface area contributed by atoms with Crippen LogP contribution in [0.1, 0.15) is 21.5 Å². The summed E-state index contributed by atoms with van der Waals surface area (Å²) in [4.78, 5) is 30.6. The molecule has 0 radical (unpaired) electrons. The van der Waals surface area contributed by atoms with Gasteiger partial charge in [-0.2, -0.15) is 5.10 Å². The lowest BCUT2D eigenvalue weighted by Crippen LogP contribution is -2.61. The highest BCUT2D eigenvalue weighted by molar-refractivity contribution is 5.98. The number of nitrogens with one attached hydrogen (secondary N) is 1. The molecule has 2 amide bonds. The molecule has 0 saturated carbocycles. The van der Waals surface area contributed by atoms with Gasteiger partial charge in [-0.25, -0.2) is 9.67 Å². The van der Waals surface area contributed by atoms with Gasteiger partial charge in [0, 0.05) is 30.8 Å². The number of pyridine rings is 1. The van der Waals surface area contributed by atoms with Gasteiger partial charge in [0.2, 0.25) is 0 Å². The summed E-state index contributed by atoms with van der Waals surface area (Å²) in [6, 6.07) is 19.5. The predicted octanol–water partition coefficient (Wildman–Crippen LogP) is 2.91. The molecule has 0 aliphatic carbocycles. The number of benzene rings is 2. The molecule has 2 aromatic heterocycles. The molecule has 3 N–H and O–H groups in total. The number of primary amides is 1. The third-order valence-corrected chi connectivity index (χ3v) is 6.75. The molecule has 196 valence electrons. The predicted molar refractivity (Wildman–Crippen MR) is 141 cm³/mol. The van der Waals surface area contributed by atoms with Gasteiger partial charge in [-0.1, -0.05) is 30.3 Å². The average molecular weight is 524 g/mol. The van der Waals surface area contributed by atoms with E-state index in [0.717, 1.165) is 34.6 Å². The molecule has 1 unspecified atom stereocenters. The van der Waals surface area contributed by atoms with Gasteiger partial charge in [-0.05, 0) is 47.5 Å². The molecule has 10 nitrogen and oxygen atoms in total. The largest absolute Gasteiger partial charge is 0.493 e. The van der Waals surface area contributed by atoms with Crippen LogP contribution in [-0.2, 0) is 27.1 Å². The van der Waals surface area contributed by atoms with Crippen LogP contribution in [0.15, 0.2) is 91.6 Å². The van der Waals surface area contributed by atoms with E-state index >= 15 is 0 Å². The molecule has 0 saturated heterocycles. The van der Waals surface area contributed by atoms with Crippen molar-refractivity contribution >= 4 is 11.8 Å². The van der Waals surface area contributed by atoms with E-state index in [9.17, 15) is 9.59 Å². The Morgan fingerprint density at radius 2 is 1.87 bits per heavy atom. The fourth-order valence-electron chi connectivity index (χ4n) is 4.80. The molecule has 39 heavy (non-hydrogen) atoms. The van der Waals surface area contributed by atoms with Gasteiger partial charge in [0.25, 0.3) is 5.91 Å². The van der Waals surface area contributed by atoms with Crippen LogP contribution in [0.4, 0.5) is 0 Å². The number of hydrogen-bond donors (Lipinski definition) is 2. The molecule has 0 spiro atoms. The number of carbonyl (C=O) groups is 2. The third-order valence-electron chi connectivity index (χ3n) is 6.75. The molecular formula is C29H25N5O5. The quantitative estimate of drug-likeness (QED) is 0.363. The lowest BCUT2D eigenvalue weighted by Gasteiger charge is -2.33. The van der Waals surface area contributed by atoms with Gasteiger partial charge in [0.1, 0.15) is 24.3 Å². The van der Waals surface area contributed by atoms with Crippen LogP contribution >= 0.6 is 0 Å². The Morgan fingerprint density at radius 3 is 2.67 bits per heavy atom. The van der Waals surface area contributed by atoms with Crippen molar-refractivity contribution in [3.63, 3.8) is 0 Å². The first-order valence-electron chi connectivity index (χ1n) is 12.5. The number of carbonyl (C=O) groups excluding carboxylic acids is 2. The second-order valence-electron chi connectivity index (χ2n) is 9.20. The highest BCUT2D eigenvalue weighted by atomic mass is 16.7. The van der Waals surface area contributed by atoms with Crippen LogP contribution in [0.5, 0.6) is 5.75 Å². The van der Waals surface area contributed by atoms with Crippen molar-refractivity contribution in [3.05, 3.63) is 108 Å². The summed E-state index contributed by atoms with van der Waals surface area (Å²) in [5, 5.41) is 7.58. The molecule has 1 atom stereocenters. The van der Waals surface area contributed by atoms with Crippen molar-refractivity contribution in [1.82, 2.24) is 20.1 Å². The van der Waals surface area contributed by atoms with E-state index in [1.165, 1.54) is 12.5 Å². The van der Waals surface area contributed by atoms with Crippen LogP contribution in [0, 0.1) is 0 Å². The zero-order valence-corrected chi connectivity index (χ0v) is 20.8. The Morgan fingerprint density at radius 1 is 1.05 bits per heavy atom. The smallest absolute Gasteiger partial charge is 0.352 e. The Balaban J connectivity index is 1.30. The van der Waals surface area contributed by atoms with Crippen LogP contribution in [-0.4, -0.2) is 45.0 Å². The van der Waals surface area contributed by atoms with Crippen molar-refractivity contribution in [3.8, 4) is 22.8 Å². The number of fused-ring (bicyclic) bond motifs is 1. The highest BCUT2D eigenvalue weighted by Gasteiger charge is 2.51. The molecule has 2 aliphatic heterocycles. The summed E-state index contributed by atoms with van der Waals surface area (Å²) in [7, 11) is 0. The zero-order chi connectivity index (χ0) is 26.8. The molecule has 0 bridgehead atoms. The summed E-state index contributed by atoms with van der Waals surface area (Å²) >= 11 is 0. The zero-order valence-electron chi connectivity index (χ0n) is 20.8. The van der Waals surface area contributed by atoms with Crippen LogP contribution in [0.2, 0.25) is 0 Å². The topological polar surface area (TPSA) is 131 Å². The fourth-order valence-corrected chi connectivity index (χ4v) is 4.80. The number of nitrogens with two attached hydrogens (primary N) is 1. The first-order valence-corrected chi connectivity index (χ1v) is 12.5. The lowest BCUT2D eigenvalue weighted by atomic mass is 9.97. The second kappa shape index (κ2) is 9.97. The number of hydrogen-bond acceptors (Lipinski definition) is 7. The number of aromatic nitrogens is 3. The Hall–Kier alpha value is -5.12. The van der Waals surface area contributed by atoms with Crippen molar-refractivity contribution in [2.24, 2.45) is 5.73 Å². The van der Waals surface area contributed by atoms with Gasteiger partial charge in [-0.3, -0.25) is 9.59 Å². The van der Waals surface area contributed by atoms with Gasteiger partial charge in [0.15, 0.2) is 5.82 Å². The fraction of sp³-hybridized carbons (Fsp3) is 0.172. The van der Waals surface area contributed by atoms with Gasteiger partial charge < -0.3 is 25.3 Å². The standard InChI is InChI=1S/C29H25N5O5/c30-28(36)29(38-15-16-39-29)25(17-19-5-2-1-3-6-19)32-27(35)22-7-4-12-31-26(22)34-13-10-23(33-34)20-8-9-24-21(18-20)11-14-37-24/h1-10,12-13,15-16,18,25H,11,14,17H2,(H2,30,36)(H,32,35). The molecule has 10 heteroatoms. The molecular weight excluding hydrogens is 498 g/mol. The average Bonchev–Trinajstić information content (AvgIpc) is 3.74. The summed E-state index contributed by atoms with van der Waals surface area (Å²) in [5.41, 5.74) is 9.61. The van der Waals surface area contributed by atoms with Crippen molar-refractivity contribution < 1.29 is 23.8 Å². The van der Waals surface area contributed by atoms with Crippen molar-refractivity contribution in [2.45, 2.75) is 24.7 Å². The van der Waals surface area contributed by atoms with E-state index in [-0.39, 0.29) is 12.0 Å². The summed E-state index contributed by atoms with van der Waals surface area (Å²) in [6.07, 6.45) is 6.88. The van der Waals surface area contributed by atoms with E-state index in [1.54, 1.807) is 29.2 Å². The van der Waals surface area contributed by atoms with Crippen molar-refractivity contribution in [2.75, 3.05) is 6.61 Å². The normalized spacial score (nSPS) is 15.5. The molecule has 4 aromatic rings. The minimum atomic E-state index is -1.90. The van der Waals surface area contributed by atoms with Crippen LogP contribution in [0.3, 0.4) is 0 Å². The number of amides is 2. The lowest BCUT2D eigenvalue weighted by molar-refractivity contribution is -0.182. The van der Waals surface area contributed by atoms with Gasteiger partial charge in [-0.15, -0.1) is 0 Å². The molecule has 0 fully saturated rings. The summed E-state index contributed by atoms with van der Waals surface area (Å²) < 4.78 is 18.2. The second-order valence-corrected chi connectivity index (χ2v) is 9.20. The van der Waals surface area contributed by atoms with E-state index in [1.807, 2.05) is 48.5 Å². The van der Waals surface area contributed by atoms with Crippen LogP contribution in [0.25, 0.3) is 17.1 Å². The minimum Gasteiger partial charge on any atom is -0.493 e. The Kier molecular flexibility index (Phi) is 6.20. The van der Waals surface area contributed by atoms with E-state index in [0.29, 0.717) is 12.4 Å². The SMILES string of the molecule is NC(=O)C1(C(Cc2ccccc2)NC(=O)c2cccnc2-n2ccc(-c3ccc4c(c3)CCO4)n2)OC=CO1. The third kappa shape index (κ3) is 4.56. The van der Waals surface area contributed by atoms with E-state index in [4.69, 9.17) is 19.9 Å². The number of ether oxygens (including phenoxy) is 3.